The number of nitrogens with one attached hydrogen (secondary N) is 1. The van der Waals surface area contributed by atoms with Crippen LogP contribution < -0.4 is 5.32 Å². The molecule has 0 aromatic heterocycles. The molecule has 1 amide bonds. The summed E-state index contributed by atoms with van der Waals surface area (Å²) in [6.45, 7) is 13.3. The summed E-state index contributed by atoms with van der Waals surface area (Å²) in [4.78, 5) is 13.4. The molecular formula is C19H30N2O. The van der Waals surface area contributed by atoms with E-state index in [9.17, 15) is 4.79 Å². The van der Waals surface area contributed by atoms with E-state index in [1.54, 1.807) is 6.92 Å². The van der Waals surface area contributed by atoms with Gasteiger partial charge in [-0.3, -0.25) is 4.79 Å². The maximum Gasteiger partial charge on any atom is 0.219 e. The fourth-order valence-corrected chi connectivity index (χ4v) is 3.11. The molecule has 1 aromatic carbocycles. The van der Waals surface area contributed by atoms with Crippen molar-refractivity contribution in [3.63, 3.8) is 0 Å². The Bertz CT molecular complexity index is 501. The lowest BCUT2D eigenvalue weighted by molar-refractivity contribution is -0.130. The molecule has 1 aromatic rings. The van der Waals surface area contributed by atoms with Crippen LogP contribution in [0.1, 0.15) is 52.2 Å². The first-order chi connectivity index (χ1) is 10.3. The minimum atomic E-state index is 0.197. The van der Waals surface area contributed by atoms with Gasteiger partial charge < -0.3 is 10.2 Å². The summed E-state index contributed by atoms with van der Waals surface area (Å²) in [6, 6.07) is 9.42. The molecule has 1 heterocycles. The van der Waals surface area contributed by atoms with Gasteiger partial charge in [0.1, 0.15) is 0 Å². The average Bonchev–Trinajstić information content (AvgIpc) is 2.45. The van der Waals surface area contributed by atoms with Crippen LogP contribution in [0.25, 0.3) is 0 Å². The number of hydrogen-bond acceptors (Lipinski definition) is 2. The number of piperidine rings is 1. The molecule has 1 saturated heterocycles. The average molecular weight is 302 g/mol. The van der Waals surface area contributed by atoms with Gasteiger partial charge in [-0.05, 0) is 28.9 Å². The van der Waals surface area contributed by atoms with E-state index in [0.29, 0.717) is 12.0 Å². The van der Waals surface area contributed by atoms with E-state index in [2.05, 4.69) is 57.3 Å². The van der Waals surface area contributed by atoms with Gasteiger partial charge in [-0.15, -0.1) is 0 Å². The minimum Gasteiger partial charge on any atom is -0.343 e. The van der Waals surface area contributed by atoms with E-state index in [-0.39, 0.29) is 11.3 Å². The first-order valence-electron chi connectivity index (χ1n) is 8.35. The Morgan fingerprint density at radius 3 is 2.41 bits per heavy atom. The third kappa shape index (κ3) is 4.33. The highest BCUT2D eigenvalue weighted by Gasteiger charge is 2.26. The molecule has 2 rings (SSSR count). The van der Waals surface area contributed by atoms with Crippen molar-refractivity contribution in [2.75, 3.05) is 13.1 Å². The Kier molecular flexibility index (Phi) is 5.28. The molecule has 0 bridgehead atoms. The predicted molar refractivity (Wildman–Crippen MR) is 91.8 cm³/mol. The van der Waals surface area contributed by atoms with Gasteiger partial charge in [0.15, 0.2) is 0 Å². The van der Waals surface area contributed by atoms with Crippen LogP contribution in [0.5, 0.6) is 0 Å². The Morgan fingerprint density at radius 2 is 1.91 bits per heavy atom. The molecule has 1 N–H and O–H groups in total. The molecule has 0 radical (unpaired) electrons. The van der Waals surface area contributed by atoms with E-state index in [1.807, 2.05) is 4.90 Å². The Labute approximate surface area is 135 Å². The van der Waals surface area contributed by atoms with Crippen LogP contribution >= 0.6 is 0 Å². The largest absolute Gasteiger partial charge is 0.343 e. The van der Waals surface area contributed by atoms with E-state index < -0.39 is 0 Å². The Morgan fingerprint density at radius 1 is 1.27 bits per heavy atom. The molecule has 3 heteroatoms. The van der Waals surface area contributed by atoms with Crippen LogP contribution in [0.2, 0.25) is 0 Å². The van der Waals surface area contributed by atoms with Gasteiger partial charge in [0.2, 0.25) is 5.91 Å². The molecule has 0 aliphatic carbocycles. The van der Waals surface area contributed by atoms with Crippen molar-refractivity contribution in [1.82, 2.24) is 10.2 Å². The zero-order valence-corrected chi connectivity index (χ0v) is 14.6. The standard InChI is InChI=1S/C19H30N2O/c1-14-13-21(15(2)22)11-10-18(14)20-12-16-6-8-17(9-7-16)19(3,4)5/h6-9,14,18,20H,10-13H2,1-5H3/t14-,18+/m0/s1. The second kappa shape index (κ2) is 6.82. The summed E-state index contributed by atoms with van der Waals surface area (Å²) in [6.07, 6.45) is 1.04. The number of amides is 1. The van der Waals surface area contributed by atoms with Crippen molar-refractivity contribution in [1.29, 1.82) is 0 Å². The molecule has 2 atom stereocenters. The molecule has 1 aliphatic rings. The van der Waals surface area contributed by atoms with Gasteiger partial charge in [-0.1, -0.05) is 52.0 Å². The Hall–Kier alpha value is -1.35. The van der Waals surface area contributed by atoms with Gasteiger partial charge in [-0.25, -0.2) is 0 Å². The summed E-state index contributed by atoms with van der Waals surface area (Å²) in [7, 11) is 0. The van der Waals surface area contributed by atoms with Gasteiger partial charge in [0, 0.05) is 32.6 Å². The molecule has 0 spiro atoms. The fraction of sp³-hybridized carbons (Fsp3) is 0.632. The van der Waals surface area contributed by atoms with E-state index in [0.717, 1.165) is 26.1 Å². The van der Waals surface area contributed by atoms with Crippen LogP contribution in [0, 0.1) is 5.92 Å². The number of carbonyl (C=O) groups is 1. The maximum atomic E-state index is 11.4. The lowest BCUT2D eigenvalue weighted by Crippen LogP contribution is -2.49. The zero-order valence-electron chi connectivity index (χ0n) is 14.6. The smallest absolute Gasteiger partial charge is 0.219 e. The lowest BCUT2D eigenvalue weighted by atomic mass is 9.86. The normalized spacial score (nSPS) is 22.7. The van der Waals surface area contributed by atoms with Crippen molar-refractivity contribution >= 4 is 5.91 Å². The quantitative estimate of drug-likeness (QED) is 0.929. The van der Waals surface area contributed by atoms with Crippen molar-refractivity contribution in [3.05, 3.63) is 35.4 Å². The summed E-state index contributed by atoms with van der Waals surface area (Å²) in [5.74, 6) is 0.703. The molecule has 0 unspecified atom stereocenters. The minimum absolute atomic E-state index is 0.197. The number of hydrogen-bond donors (Lipinski definition) is 1. The van der Waals surface area contributed by atoms with Gasteiger partial charge >= 0.3 is 0 Å². The van der Waals surface area contributed by atoms with Gasteiger partial charge in [0.25, 0.3) is 0 Å². The van der Waals surface area contributed by atoms with Crippen LogP contribution in [0.15, 0.2) is 24.3 Å². The number of likely N-dealkylation sites (tertiary alicyclic amines) is 1. The fourth-order valence-electron chi connectivity index (χ4n) is 3.11. The van der Waals surface area contributed by atoms with E-state index >= 15 is 0 Å². The topological polar surface area (TPSA) is 32.3 Å². The summed E-state index contributed by atoms with van der Waals surface area (Å²) in [5.41, 5.74) is 2.91. The summed E-state index contributed by atoms with van der Waals surface area (Å²) >= 11 is 0. The van der Waals surface area contributed by atoms with Gasteiger partial charge in [-0.2, -0.15) is 0 Å². The SMILES string of the molecule is CC(=O)N1CC[C@@H](NCc2ccc(C(C)(C)C)cc2)[C@@H](C)C1. The highest BCUT2D eigenvalue weighted by atomic mass is 16.2. The first-order valence-corrected chi connectivity index (χ1v) is 8.35. The summed E-state index contributed by atoms with van der Waals surface area (Å²) in [5, 5.41) is 3.67. The van der Waals surface area contributed by atoms with Crippen molar-refractivity contribution in [2.45, 2.75) is 59.0 Å². The number of rotatable bonds is 3. The third-order valence-corrected chi connectivity index (χ3v) is 4.74. The molecule has 122 valence electrons. The third-order valence-electron chi connectivity index (χ3n) is 4.74. The molecule has 0 saturated carbocycles. The molecule has 3 nitrogen and oxygen atoms in total. The number of benzene rings is 1. The van der Waals surface area contributed by atoms with Crippen LogP contribution in [0.3, 0.4) is 0 Å². The van der Waals surface area contributed by atoms with Crippen LogP contribution in [0.4, 0.5) is 0 Å². The van der Waals surface area contributed by atoms with Crippen molar-refractivity contribution in [2.24, 2.45) is 5.92 Å². The second-order valence-electron chi connectivity index (χ2n) is 7.67. The van der Waals surface area contributed by atoms with E-state index in [4.69, 9.17) is 0 Å². The first kappa shape index (κ1) is 17.0. The molecule has 1 fully saturated rings. The highest BCUT2D eigenvalue weighted by Crippen LogP contribution is 2.22. The number of nitrogens with zero attached hydrogens (tertiary/aromatic N) is 1. The van der Waals surface area contributed by atoms with E-state index in [1.165, 1.54) is 11.1 Å². The second-order valence-corrected chi connectivity index (χ2v) is 7.67. The number of carbonyl (C=O) groups excluding carboxylic acids is 1. The lowest BCUT2D eigenvalue weighted by Gasteiger charge is -2.37. The maximum absolute atomic E-state index is 11.4. The van der Waals surface area contributed by atoms with Crippen molar-refractivity contribution in [3.8, 4) is 0 Å². The molecule has 1 aliphatic heterocycles. The monoisotopic (exact) mass is 302 g/mol. The van der Waals surface area contributed by atoms with Crippen LogP contribution in [-0.2, 0) is 16.8 Å². The predicted octanol–water partition coefficient (Wildman–Crippen LogP) is 3.33. The van der Waals surface area contributed by atoms with Crippen LogP contribution in [-0.4, -0.2) is 29.9 Å². The highest BCUT2D eigenvalue weighted by molar-refractivity contribution is 5.73. The molecular weight excluding hydrogens is 272 g/mol. The summed E-state index contributed by atoms with van der Waals surface area (Å²) < 4.78 is 0. The molecule has 22 heavy (non-hydrogen) atoms. The van der Waals surface area contributed by atoms with Crippen molar-refractivity contribution < 1.29 is 4.79 Å². The van der Waals surface area contributed by atoms with Gasteiger partial charge in [0.05, 0.1) is 0 Å². The Balaban J connectivity index is 1.87. The zero-order chi connectivity index (χ0) is 16.3.